The molecule has 5 rings (SSSR count). The zero-order valence-corrected chi connectivity index (χ0v) is 25.0. The second kappa shape index (κ2) is 10.9. The highest BCUT2D eigenvalue weighted by atomic mass is 32.1. The molecule has 2 aromatic rings. The first kappa shape index (κ1) is 28.7. The monoisotopic (exact) mass is 566 g/mol. The van der Waals surface area contributed by atoms with Crippen LogP contribution in [0.25, 0.3) is 10.4 Å². The van der Waals surface area contributed by atoms with Gasteiger partial charge in [0.15, 0.2) is 0 Å². The second-order valence-electron chi connectivity index (χ2n) is 13.3. The van der Waals surface area contributed by atoms with Crippen LogP contribution in [0.1, 0.15) is 83.5 Å². The van der Waals surface area contributed by atoms with Crippen molar-refractivity contribution in [2.45, 2.75) is 97.4 Å². The molecule has 0 radical (unpaired) electrons. The third-order valence-electron chi connectivity index (χ3n) is 9.19. The summed E-state index contributed by atoms with van der Waals surface area (Å²) in [6.07, 6.45) is 4.83. The Morgan fingerprint density at radius 2 is 1.77 bits per heavy atom. The number of nitrogens with zero attached hydrogens (tertiary/aromatic N) is 2. The number of carbonyl (C=O) groups is 3. The molecule has 3 aliphatic rings. The number of benzene rings is 1. The number of aliphatic hydroxyl groups excluding tert-OH is 1. The molecule has 2 heterocycles. The van der Waals surface area contributed by atoms with Crippen LogP contribution in [0, 0.1) is 23.7 Å². The van der Waals surface area contributed by atoms with Gasteiger partial charge in [-0.05, 0) is 61.5 Å². The maximum atomic E-state index is 13.9. The molecule has 4 atom stereocenters. The number of aromatic nitrogens is 1. The van der Waals surface area contributed by atoms with Crippen molar-refractivity contribution in [3.05, 3.63) is 41.0 Å². The highest BCUT2D eigenvalue weighted by molar-refractivity contribution is 7.13. The highest BCUT2D eigenvalue weighted by Crippen LogP contribution is 2.58. The molecule has 1 saturated heterocycles. The molecule has 9 heteroatoms. The molecule has 216 valence electrons. The quantitative estimate of drug-likeness (QED) is 0.461. The molecular weight excluding hydrogens is 524 g/mol. The molecule has 2 saturated carbocycles. The highest BCUT2D eigenvalue weighted by Gasteiger charge is 2.52. The minimum atomic E-state index is -0.798. The molecule has 0 bridgehead atoms. The Hall–Kier alpha value is -2.78. The average Bonchev–Trinajstić information content (AvgIpc) is 3.45. The van der Waals surface area contributed by atoms with Gasteiger partial charge in [0.05, 0.1) is 28.2 Å². The number of amides is 3. The fraction of sp³-hybridized carbons (Fsp3) is 0.613. The van der Waals surface area contributed by atoms with Crippen LogP contribution in [-0.4, -0.2) is 57.4 Å². The number of likely N-dealkylation sites (tertiary alicyclic amines) is 1. The number of rotatable bonds is 7. The van der Waals surface area contributed by atoms with Gasteiger partial charge in [-0.3, -0.25) is 14.4 Å². The van der Waals surface area contributed by atoms with E-state index in [1.165, 1.54) is 24.2 Å². The lowest BCUT2D eigenvalue weighted by atomic mass is 9.51. The van der Waals surface area contributed by atoms with Crippen molar-refractivity contribution in [1.82, 2.24) is 20.5 Å². The summed E-state index contributed by atoms with van der Waals surface area (Å²) in [5, 5.41) is 16.6. The van der Waals surface area contributed by atoms with Crippen molar-refractivity contribution in [1.29, 1.82) is 0 Å². The number of hydrogen-bond donors (Lipinski definition) is 3. The lowest BCUT2D eigenvalue weighted by Crippen LogP contribution is -2.60. The zero-order chi connectivity index (χ0) is 28.8. The van der Waals surface area contributed by atoms with Gasteiger partial charge in [0.25, 0.3) is 0 Å². The summed E-state index contributed by atoms with van der Waals surface area (Å²) in [5.74, 6) is -0.734. The summed E-state index contributed by atoms with van der Waals surface area (Å²) in [7, 11) is 0. The van der Waals surface area contributed by atoms with Gasteiger partial charge in [0.1, 0.15) is 12.1 Å². The number of nitrogens with one attached hydrogen (secondary N) is 2. The summed E-state index contributed by atoms with van der Waals surface area (Å²) in [4.78, 5) is 47.3. The van der Waals surface area contributed by atoms with E-state index in [2.05, 4.69) is 15.6 Å². The molecular formula is C31H42N4O4S. The number of thiazole rings is 1. The van der Waals surface area contributed by atoms with Gasteiger partial charge in [-0.15, -0.1) is 11.3 Å². The number of hydrogen-bond acceptors (Lipinski definition) is 6. The van der Waals surface area contributed by atoms with Crippen molar-refractivity contribution in [2.24, 2.45) is 16.7 Å². The third-order valence-corrected chi connectivity index (χ3v) is 10.2. The van der Waals surface area contributed by atoms with Gasteiger partial charge in [-0.2, -0.15) is 0 Å². The van der Waals surface area contributed by atoms with Gasteiger partial charge in [0, 0.05) is 18.9 Å². The Kier molecular flexibility index (Phi) is 7.83. The Balaban J connectivity index is 1.24. The average molecular weight is 567 g/mol. The maximum absolute atomic E-state index is 13.9. The predicted molar refractivity (Wildman–Crippen MR) is 155 cm³/mol. The van der Waals surface area contributed by atoms with Crippen molar-refractivity contribution in [3.8, 4) is 10.4 Å². The van der Waals surface area contributed by atoms with Crippen LogP contribution < -0.4 is 10.6 Å². The molecule has 2 aliphatic carbocycles. The SMILES string of the molecule is Cc1ncsc1-c1ccc([C@H](C)NC(=O)[C@@H]2C[C@@H](O)CN2C(=O)[C@@H](NC(=O)C2CC3(CCC3)C2)C(C)(C)C)cc1. The predicted octanol–water partition coefficient (Wildman–Crippen LogP) is 4.37. The van der Waals surface area contributed by atoms with E-state index < -0.39 is 23.6 Å². The smallest absolute Gasteiger partial charge is 0.246 e. The number of aryl methyl sites for hydroxylation is 1. The number of aliphatic hydroxyl groups is 1. The zero-order valence-electron chi connectivity index (χ0n) is 24.2. The summed E-state index contributed by atoms with van der Waals surface area (Å²) < 4.78 is 0. The van der Waals surface area contributed by atoms with E-state index in [1.807, 2.05) is 64.4 Å². The van der Waals surface area contributed by atoms with Crippen LogP contribution in [0.15, 0.2) is 29.8 Å². The third kappa shape index (κ3) is 5.68. The minimum absolute atomic E-state index is 0.0477. The molecule has 3 fully saturated rings. The summed E-state index contributed by atoms with van der Waals surface area (Å²) in [6.45, 7) is 9.73. The van der Waals surface area contributed by atoms with Gasteiger partial charge >= 0.3 is 0 Å². The molecule has 1 aromatic carbocycles. The molecule has 1 spiro atoms. The van der Waals surface area contributed by atoms with E-state index in [4.69, 9.17) is 0 Å². The van der Waals surface area contributed by atoms with Gasteiger partial charge in [-0.1, -0.05) is 51.5 Å². The first-order valence-electron chi connectivity index (χ1n) is 14.5. The fourth-order valence-electron chi connectivity index (χ4n) is 6.53. The molecule has 1 aliphatic heterocycles. The normalized spacial score (nSPS) is 23.7. The van der Waals surface area contributed by atoms with Crippen molar-refractivity contribution in [3.63, 3.8) is 0 Å². The summed E-state index contributed by atoms with van der Waals surface area (Å²) >= 11 is 1.60. The lowest BCUT2D eigenvalue weighted by molar-refractivity contribution is -0.147. The standard InChI is InChI=1S/C31H42N4O4S/c1-18(20-7-9-21(10-8-20)25-19(2)32-17-40-25)33-28(38)24-13-23(36)16-35(24)29(39)26(30(3,4)5)34-27(37)22-14-31(15-22)11-6-12-31/h7-10,17-18,22-24,26,36H,6,11-16H2,1-5H3,(H,33,38)(H,34,37)/t18-,23+,24-,26+/m0/s1. The molecule has 0 unspecified atom stereocenters. The van der Waals surface area contributed by atoms with Crippen molar-refractivity contribution < 1.29 is 19.5 Å². The lowest BCUT2D eigenvalue weighted by Gasteiger charge is -2.53. The molecule has 3 N–H and O–H groups in total. The van der Waals surface area contributed by atoms with Gasteiger partial charge in [-0.25, -0.2) is 4.98 Å². The van der Waals surface area contributed by atoms with Crippen LogP contribution >= 0.6 is 11.3 Å². The van der Waals surface area contributed by atoms with Crippen molar-refractivity contribution in [2.75, 3.05) is 6.54 Å². The van der Waals surface area contributed by atoms with Gasteiger partial charge < -0.3 is 20.6 Å². The van der Waals surface area contributed by atoms with Gasteiger partial charge in [0.2, 0.25) is 17.7 Å². The molecule has 8 nitrogen and oxygen atoms in total. The molecule has 40 heavy (non-hydrogen) atoms. The topological polar surface area (TPSA) is 112 Å². The Labute approximate surface area is 240 Å². The first-order valence-corrected chi connectivity index (χ1v) is 15.3. The van der Waals surface area contributed by atoms with E-state index in [0.29, 0.717) is 5.41 Å². The van der Waals surface area contributed by atoms with E-state index >= 15 is 0 Å². The van der Waals surface area contributed by atoms with Crippen LogP contribution in [0.3, 0.4) is 0 Å². The Morgan fingerprint density at radius 1 is 1.10 bits per heavy atom. The van der Waals surface area contributed by atoms with Crippen LogP contribution in [0.4, 0.5) is 0 Å². The van der Waals surface area contributed by atoms with E-state index in [1.54, 1.807) is 11.3 Å². The van der Waals surface area contributed by atoms with E-state index in [-0.39, 0.29) is 42.6 Å². The van der Waals surface area contributed by atoms with Crippen molar-refractivity contribution >= 4 is 29.1 Å². The second-order valence-corrected chi connectivity index (χ2v) is 14.1. The number of carbonyl (C=O) groups excluding carboxylic acids is 3. The molecule has 1 aromatic heterocycles. The Morgan fingerprint density at radius 3 is 2.33 bits per heavy atom. The van der Waals surface area contributed by atoms with E-state index in [0.717, 1.165) is 34.5 Å². The summed E-state index contributed by atoms with van der Waals surface area (Å²) in [5.41, 5.74) is 4.66. The first-order chi connectivity index (χ1) is 18.9. The maximum Gasteiger partial charge on any atom is 0.246 e. The fourth-order valence-corrected chi connectivity index (χ4v) is 7.34. The van der Waals surface area contributed by atoms with Crippen LogP contribution in [0.2, 0.25) is 0 Å². The number of β-amino-alcohol motifs (C(OH)–C–C–N with tert-alkyl or cyclic N) is 1. The van der Waals surface area contributed by atoms with Crippen LogP contribution in [-0.2, 0) is 14.4 Å². The minimum Gasteiger partial charge on any atom is -0.391 e. The Bertz CT molecular complexity index is 1250. The molecule has 3 amide bonds. The summed E-state index contributed by atoms with van der Waals surface area (Å²) in [6, 6.07) is 6.18. The van der Waals surface area contributed by atoms with Crippen LogP contribution in [0.5, 0.6) is 0 Å². The largest absolute Gasteiger partial charge is 0.391 e. The van der Waals surface area contributed by atoms with E-state index in [9.17, 15) is 19.5 Å².